The van der Waals surface area contributed by atoms with Gasteiger partial charge in [0.2, 0.25) is 0 Å². The molecule has 1 aliphatic heterocycles. The van der Waals surface area contributed by atoms with Gasteiger partial charge in [-0.05, 0) is 25.0 Å². The Morgan fingerprint density at radius 3 is 2.57 bits per heavy atom. The van der Waals surface area contributed by atoms with Crippen molar-refractivity contribution in [3.63, 3.8) is 0 Å². The first-order valence-corrected chi connectivity index (χ1v) is 2.76. The second-order valence-corrected chi connectivity index (χ2v) is 2.24. The van der Waals surface area contributed by atoms with Crippen molar-refractivity contribution in [2.75, 3.05) is 6.61 Å². The lowest BCUT2D eigenvalue weighted by Gasteiger charge is -2.01. The van der Waals surface area contributed by atoms with Crippen molar-refractivity contribution in [2.45, 2.75) is 18.4 Å². The van der Waals surface area contributed by atoms with Gasteiger partial charge in [-0.1, -0.05) is 0 Å². The molecule has 1 saturated heterocycles. The van der Waals surface area contributed by atoms with Crippen molar-refractivity contribution < 1.29 is 4.74 Å². The zero-order valence-electron chi connectivity index (χ0n) is 4.18. The Hall–Kier alpha value is -0.300. The molecule has 38 valence electrons. The summed E-state index contributed by atoms with van der Waals surface area (Å²) in [5.74, 6) is 0. The van der Waals surface area contributed by atoms with Crippen LogP contribution in [-0.2, 0) is 4.74 Å². The summed E-state index contributed by atoms with van der Waals surface area (Å²) in [5, 5.41) is 0. The molecule has 0 unspecified atom stereocenters. The standard InChI is InChI=1S/C6H8O/c1-2-6(3-4-6)7-5-1/h3-4H,1-2,5H2. The molecule has 0 aromatic rings. The van der Waals surface area contributed by atoms with Crippen molar-refractivity contribution in [1.29, 1.82) is 0 Å². The summed E-state index contributed by atoms with van der Waals surface area (Å²) in [5.41, 5.74) is 0.194. The molecule has 7 heavy (non-hydrogen) atoms. The normalized spacial score (nSPS) is 32.0. The largest absolute Gasteiger partial charge is 0.367 e. The van der Waals surface area contributed by atoms with Crippen LogP contribution < -0.4 is 0 Å². The van der Waals surface area contributed by atoms with E-state index in [9.17, 15) is 0 Å². The van der Waals surface area contributed by atoms with Crippen molar-refractivity contribution in [2.24, 2.45) is 0 Å². The van der Waals surface area contributed by atoms with Crippen molar-refractivity contribution in [1.82, 2.24) is 0 Å². The first kappa shape index (κ1) is 3.67. The van der Waals surface area contributed by atoms with Gasteiger partial charge in [0.25, 0.3) is 0 Å². The summed E-state index contributed by atoms with van der Waals surface area (Å²) in [6.45, 7) is 0.965. The first-order chi connectivity index (χ1) is 3.41. The molecule has 0 atom stereocenters. The minimum absolute atomic E-state index is 0.194. The van der Waals surface area contributed by atoms with Gasteiger partial charge in [0.15, 0.2) is 0 Å². The topological polar surface area (TPSA) is 9.23 Å². The zero-order valence-corrected chi connectivity index (χ0v) is 4.18. The van der Waals surface area contributed by atoms with E-state index in [0.29, 0.717) is 0 Å². The molecule has 0 N–H and O–H groups in total. The summed E-state index contributed by atoms with van der Waals surface area (Å²) >= 11 is 0. The number of ether oxygens (including phenoxy) is 1. The molecule has 1 heterocycles. The lowest BCUT2D eigenvalue weighted by Crippen LogP contribution is -2.05. The van der Waals surface area contributed by atoms with Crippen LogP contribution in [-0.4, -0.2) is 12.2 Å². The van der Waals surface area contributed by atoms with Gasteiger partial charge < -0.3 is 4.74 Å². The third-order valence-electron chi connectivity index (χ3n) is 1.62. The lowest BCUT2D eigenvalue weighted by atomic mass is 10.2. The smallest absolute Gasteiger partial charge is 0.105 e. The SMILES string of the molecule is C1=CC12CCCO2. The van der Waals surface area contributed by atoms with Crippen LogP contribution in [0.4, 0.5) is 0 Å². The van der Waals surface area contributed by atoms with Crippen LogP contribution >= 0.6 is 0 Å². The van der Waals surface area contributed by atoms with E-state index in [1.54, 1.807) is 0 Å². The Kier molecular flexibility index (Phi) is 0.482. The fourth-order valence-electron chi connectivity index (χ4n) is 1.04. The highest BCUT2D eigenvalue weighted by molar-refractivity contribution is 5.30. The molecule has 0 radical (unpaired) electrons. The fraction of sp³-hybridized carbons (Fsp3) is 0.667. The Labute approximate surface area is 43.0 Å². The monoisotopic (exact) mass is 96.1 g/mol. The van der Waals surface area contributed by atoms with Crippen molar-refractivity contribution >= 4 is 0 Å². The second-order valence-electron chi connectivity index (χ2n) is 2.24. The summed E-state index contributed by atoms with van der Waals surface area (Å²) < 4.78 is 5.34. The van der Waals surface area contributed by atoms with Crippen molar-refractivity contribution in [3.05, 3.63) is 12.2 Å². The summed E-state index contributed by atoms with van der Waals surface area (Å²) in [7, 11) is 0. The van der Waals surface area contributed by atoms with Gasteiger partial charge in [0.05, 0.1) is 0 Å². The molecule has 2 rings (SSSR count). The Morgan fingerprint density at radius 1 is 1.43 bits per heavy atom. The van der Waals surface area contributed by atoms with Crippen LogP contribution in [0.1, 0.15) is 12.8 Å². The minimum Gasteiger partial charge on any atom is -0.367 e. The molecule has 1 nitrogen and oxygen atoms in total. The van der Waals surface area contributed by atoms with E-state index in [0.717, 1.165) is 6.61 Å². The highest BCUT2D eigenvalue weighted by Gasteiger charge is 2.38. The second kappa shape index (κ2) is 0.920. The van der Waals surface area contributed by atoms with Crippen LogP contribution in [0.5, 0.6) is 0 Å². The zero-order chi connectivity index (χ0) is 4.74. The van der Waals surface area contributed by atoms with Crippen LogP contribution in [0.3, 0.4) is 0 Å². The van der Waals surface area contributed by atoms with Crippen LogP contribution in [0, 0.1) is 0 Å². The molecule has 0 aromatic heterocycles. The van der Waals surface area contributed by atoms with E-state index in [4.69, 9.17) is 4.74 Å². The lowest BCUT2D eigenvalue weighted by molar-refractivity contribution is 0.112. The quantitative estimate of drug-likeness (QED) is 0.410. The summed E-state index contributed by atoms with van der Waals surface area (Å²) in [4.78, 5) is 0. The molecule has 2 aliphatic rings. The summed E-state index contributed by atoms with van der Waals surface area (Å²) in [6, 6.07) is 0. The van der Waals surface area contributed by atoms with E-state index < -0.39 is 0 Å². The van der Waals surface area contributed by atoms with E-state index in [-0.39, 0.29) is 5.60 Å². The predicted molar refractivity (Wildman–Crippen MR) is 27.1 cm³/mol. The Bertz CT molecular complexity index is 101. The average Bonchev–Trinajstić information content (AvgIpc) is 2.15. The molecular formula is C6H8O. The Morgan fingerprint density at radius 2 is 2.29 bits per heavy atom. The molecule has 1 heteroatoms. The Balaban J connectivity index is 2.09. The molecule has 1 spiro atoms. The van der Waals surface area contributed by atoms with E-state index >= 15 is 0 Å². The van der Waals surface area contributed by atoms with Gasteiger partial charge in [0, 0.05) is 6.61 Å². The minimum atomic E-state index is 0.194. The van der Waals surface area contributed by atoms with E-state index in [1.165, 1.54) is 12.8 Å². The molecule has 0 amide bonds. The average molecular weight is 96.1 g/mol. The molecule has 1 aliphatic carbocycles. The van der Waals surface area contributed by atoms with E-state index in [1.807, 2.05) is 0 Å². The molecule has 0 bridgehead atoms. The van der Waals surface area contributed by atoms with Crippen LogP contribution in [0.15, 0.2) is 12.2 Å². The highest BCUT2D eigenvalue weighted by Crippen LogP contribution is 2.37. The first-order valence-electron chi connectivity index (χ1n) is 2.76. The van der Waals surface area contributed by atoms with Gasteiger partial charge >= 0.3 is 0 Å². The van der Waals surface area contributed by atoms with E-state index in [2.05, 4.69) is 12.2 Å². The third-order valence-corrected chi connectivity index (χ3v) is 1.62. The maximum Gasteiger partial charge on any atom is 0.105 e. The molecule has 1 fully saturated rings. The number of hydrogen-bond acceptors (Lipinski definition) is 1. The highest BCUT2D eigenvalue weighted by atomic mass is 16.5. The van der Waals surface area contributed by atoms with Crippen LogP contribution in [0.25, 0.3) is 0 Å². The number of hydrogen-bond donors (Lipinski definition) is 0. The van der Waals surface area contributed by atoms with Crippen LogP contribution in [0.2, 0.25) is 0 Å². The van der Waals surface area contributed by atoms with Crippen molar-refractivity contribution in [3.8, 4) is 0 Å². The van der Waals surface area contributed by atoms with Gasteiger partial charge in [0.1, 0.15) is 5.60 Å². The molecule has 0 saturated carbocycles. The van der Waals surface area contributed by atoms with Gasteiger partial charge in [-0.2, -0.15) is 0 Å². The summed E-state index contributed by atoms with van der Waals surface area (Å²) in [6.07, 6.45) is 6.75. The number of rotatable bonds is 0. The third kappa shape index (κ3) is 0.416. The van der Waals surface area contributed by atoms with Gasteiger partial charge in [-0.15, -0.1) is 0 Å². The fourth-order valence-corrected chi connectivity index (χ4v) is 1.04. The van der Waals surface area contributed by atoms with Gasteiger partial charge in [-0.3, -0.25) is 0 Å². The maximum absolute atomic E-state index is 5.34. The molecule has 0 aromatic carbocycles. The van der Waals surface area contributed by atoms with Gasteiger partial charge in [-0.25, -0.2) is 0 Å². The molecular weight excluding hydrogens is 88.1 g/mol. The predicted octanol–water partition coefficient (Wildman–Crippen LogP) is 1.11. The maximum atomic E-state index is 5.34.